The Morgan fingerprint density at radius 3 is 2.58 bits per heavy atom. The minimum absolute atomic E-state index is 0.0796. The summed E-state index contributed by atoms with van der Waals surface area (Å²) in [5.41, 5.74) is 1.06. The quantitative estimate of drug-likeness (QED) is 0.739. The van der Waals surface area contributed by atoms with Gasteiger partial charge in [-0.25, -0.2) is 0 Å². The normalized spacial score (nSPS) is 10.3. The average Bonchev–Trinajstić information content (AvgIpc) is 2.58. The lowest BCUT2D eigenvalue weighted by molar-refractivity contribution is -0.132. The van der Waals surface area contributed by atoms with Gasteiger partial charge >= 0.3 is 0 Å². The molecule has 0 heterocycles. The SMILES string of the molecule is COc1ccccc1CCN(C)C(=O)COc1ccc(Cl)cc1Cl. The van der Waals surface area contributed by atoms with E-state index in [1.807, 2.05) is 24.3 Å². The third-order valence-corrected chi connectivity index (χ3v) is 4.11. The van der Waals surface area contributed by atoms with Crippen molar-refractivity contribution < 1.29 is 14.3 Å². The van der Waals surface area contributed by atoms with Gasteiger partial charge in [0, 0.05) is 18.6 Å². The number of carbonyl (C=O) groups is 1. The zero-order valence-corrected chi connectivity index (χ0v) is 15.1. The molecular weight excluding hydrogens is 349 g/mol. The molecule has 1 amide bonds. The highest BCUT2D eigenvalue weighted by Gasteiger charge is 2.12. The molecule has 0 aliphatic carbocycles. The van der Waals surface area contributed by atoms with E-state index in [1.165, 1.54) is 0 Å². The first-order valence-corrected chi connectivity index (χ1v) is 8.20. The predicted molar refractivity (Wildman–Crippen MR) is 96.3 cm³/mol. The van der Waals surface area contributed by atoms with E-state index in [2.05, 4.69) is 0 Å². The van der Waals surface area contributed by atoms with Crippen LogP contribution in [0.4, 0.5) is 0 Å². The van der Waals surface area contributed by atoms with E-state index >= 15 is 0 Å². The third kappa shape index (κ3) is 5.05. The van der Waals surface area contributed by atoms with Gasteiger partial charge in [-0.2, -0.15) is 0 Å². The molecule has 0 aliphatic heterocycles. The standard InChI is InChI=1S/C18H19Cl2NO3/c1-21(10-9-13-5-3-4-6-16(13)23-2)18(22)12-24-17-8-7-14(19)11-15(17)20/h3-8,11H,9-10,12H2,1-2H3. The minimum Gasteiger partial charge on any atom is -0.496 e. The fourth-order valence-corrected chi connectivity index (χ4v) is 2.63. The van der Waals surface area contributed by atoms with E-state index in [4.69, 9.17) is 32.7 Å². The number of carbonyl (C=O) groups excluding carboxylic acids is 1. The summed E-state index contributed by atoms with van der Waals surface area (Å²) in [7, 11) is 3.38. The Hall–Kier alpha value is -1.91. The van der Waals surface area contributed by atoms with Gasteiger partial charge in [0.1, 0.15) is 11.5 Å². The molecule has 0 bridgehead atoms. The Kier molecular flexibility index (Phi) is 6.76. The van der Waals surface area contributed by atoms with Gasteiger partial charge in [-0.15, -0.1) is 0 Å². The number of halogens is 2. The van der Waals surface area contributed by atoms with Crippen LogP contribution in [-0.2, 0) is 11.2 Å². The Labute approximate surface area is 151 Å². The van der Waals surface area contributed by atoms with Crippen LogP contribution in [0.5, 0.6) is 11.5 Å². The second-order valence-electron chi connectivity index (χ2n) is 5.24. The number of nitrogens with zero attached hydrogens (tertiary/aromatic N) is 1. The Morgan fingerprint density at radius 1 is 1.12 bits per heavy atom. The van der Waals surface area contributed by atoms with Crippen LogP contribution in [-0.4, -0.2) is 38.1 Å². The number of amides is 1. The maximum atomic E-state index is 12.2. The smallest absolute Gasteiger partial charge is 0.260 e. The summed E-state index contributed by atoms with van der Waals surface area (Å²) in [6.45, 7) is 0.487. The summed E-state index contributed by atoms with van der Waals surface area (Å²) in [4.78, 5) is 13.8. The van der Waals surface area contributed by atoms with Crippen LogP contribution < -0.4 is 9.47 Å². The van der Waals surface area contributed by atoms with Crippen molar-refractivity contribution in [3.05, 3.63) is 58.1 Å². The van der Waals surface area contributed by atoms with Gasteiger partial charge in [-0.05, 0) is 36.2 Å². The van der Waals surface area contributed by atoms with Gasteiger partial charge < -0.3 is 14.4 Å². The van der Waals surface area contributed by atoms with Crippen LogP contribution in [0, 0.1) is 0 Å². The lowest BCUT2D eigenvalue weighted by atomic mass is 10.1. The maximum absolute atomic E-state index is 12.2. The van der Waals surface area contributed by atoms with Crippen molar-refractivity contribution in [1.29, 1.82) is 0 Å². The Bertz CT molecular complexity index is 706. The van der Waals surface area contributed by atoms with Gasteiger partial charge in [0.05, 0.1) is 12.1 Å². The summed E-state index contributed by atoms with van der Waals surface area (Å²) in [5, 5.41) is 0.902. The van der Waals surface area contributed by atoms with Crippen LogP contribution >= 0.6 is 23.2 Å². The van der Waals surface area contributed by atoms with Crippen molar-refractivity contribution in [2.75, 3.05) is 27.3 Å². The molecule has 0 atom stereocenters. The summed E-state index contributed by atoms with van der Waals surface area (Å²) < 4.78 is 10.8. The summed E-state index contributed by atoms with van der Waals surface area (Å²) in [5.74, 6) is 1.13. The molecule has 4 nitrogen and oxygen atoms in total. The van der Waals surface area contributed by atoms with Gasteiger partial charge in [0.25, 0.3) is 5.91 Å². The predicted octanol–water partition coefficient (Wildman–Crippen LogP) is 4.08. The molecule has 24 heavy (non-hydrogen) atoms. The number of hydrogen-bond acceptors (Lipinski definition) is 3. The lowest BCUT2D eigenvalue weighted by Crippen LogP contribution is -2.33. The number of para-hydroxylation sites is 1. The number of benzene rings is 2. The Balaban J connectivity index is 1.86. The fourth-order valence-electron chi connectivity index (χ4n) is 2.16. The zero-order valence-electron chi connectivity index (χ0n) is 13.6. The largest absolute Gasteiger partial charge is 0.496 e. The second kappa shape index (κ2) is 8.81. The van der Waals surface area contributed by atoms with Crippen molar-refractivity contribution in [1.82, 2.24) is 4.90 Å². The Morgan fingerprint density at radius 2 is 1.88 bits per heavy atom. The fraction of sp³-hybridized carbons (Fsp3) is 0.278. The van der Waals surface area contributed by atoms with Crippen molar-refractivity contribution in [2.24, 2.45) is 0 Å². The molecule has 0 aliphatic rings. The van der Waals surface area contributed by atoms with Gasteiger partial charge in [-0.3, -0.25) is 4.79 Å². The van der Waals surface area contributed by atoms with E-state index in [0.29, 0.717) is 28.8 Å². The van der Waals surface area contributed by atoms with E-state index in [1.54, 1.807) is 37.3 Å². The summed E-state index contributed by atoms with van der Waals surface area (Å²) in [6.07, 6.45) is 0.702. The first kappa shape index (κ1) is 18.4. The van der Waals surface area contributed by atoms with Gasteiger partial charge in [0.2, 0.25) is 0 Å². The molecule has 2 aromatic rings. The molecule has 0 unspecified atom stereocenters. The molecular formula is C18H19Cl2NO3. The van der Waals surface area contributed by atoms with Crippen molar-refractivity contribution in [2.45, 2.75) is 6.42 Å². The van der Waals surface area contributed by atoms with Crippen LogP contribution in [0.25, 0.3) is 0 Å². The molecule has 0 radical (unpaired) electrons. The number of hydrogen-bond donors (Lipinski definition) is 0. The van der Waals surface area contributed by atoms with E-state index in [-0.39, 0.29) is 12.5 Å². The molecule has 6 heteroatoms. The zero-order chi connectivity index (χ0) is 17.5. The monoisotopic (exact) mass is 367 g/mol. The lowest BCUT2D eigenvalue weighted by Gasteiger charge is -2.18. The van der Waals surface area contributed by atoms with E-state index < -0.39 is 0 Å². The van der Waals surface area contributed by atoms with Crippen molar-refractivity contribution in [3.63, 3.8) is 0 Å². The minimum atomic E-state index is -0.129. The van der Waals surface area contributed by atoms with E-state index in [0.717, 1.165) is 11.3 Å². The number of ether oxygens (including phenoxy) is 2. The molecule has 0 saturated carbocycles. The number of rotatable bonds is 7. The van der Waals surface area contributed by atoms with Crippen molar-refractivity contribution >= 4 is 29.1 Å². The summed E-state index contributed by atoms with van der Waals surface area (Å²) in [6, 6.07) is 12.6. The van der Waals surface area contributed by atoms with Crippen LogP contribution in [0.1, 0.15) is 5.56 Å². The number of likely N-dealkylation sites (N-methyl/N-ethyl adjacent to an activating group) is 1. The molecule has 0 fully saturated rings. The first-order chi connectivity index (χ1) is 11.5. The van der Waals surface area contributed by atoms with Gasteiger partial charge in [0.15, 0.2) is 6.61 Å². The van der Waals surface area contributed by atoms with Gasteiger partial charge in [-0.1, -0.05) is 41.4 Å². The van der Waals surface area contributed by atoms with Crippen LogP contribution in [0.15, 0.2) is 42.5 Å². The molecule has 2 aromatic carbocycles. The number of methoxy groups -OCH3 is 1. The molecule has 128 valence electrons. The molecule has 0 saturated heterocycles. The molecule has 2 rings (SSSR count). The first-order valence-electron chi connectivity index (χ1n) is 7.45. The van der Waals surface area contributed by atoms with Crippen LogP contribution in [0.3, 0.4) is 0 Å². The second-order valence-corrected chi connectivity index (χ2v) is 6.08. The highest BCUT2D eigenvalue weighted by molar-refractivity contribution is 6.35. The summed E-state index contributed by atoms with van der Waals surface area (Å²) >= 11 is 11.8. The molecule has 0 N–H and O–H groups in total. The topological polar surface area (TPSA) is 38.8 Å². The van der Waals surface area contributed by atoms with Crippen molar-refractivity contribution in [3.8, 4) is 11.5 Å². The highest BCUT2D eigenvalue weighted by Crippen LogP contribution is 2.27. The highest BCUT2D eigenvalue weighted by atomic mass is 35.5. The molecule has 0 spiro atoms. The van der Waals surface area contributed by atoms with Crippen LogP contribution in [0.2, 0.25) is 10.0 Å². The average molecular weight is 368 g/mol. The molecule has 0 aromatic heterocycles. The maximum Gasteiger partial charge on any atom is 0.260 e. The third-order valence-electron chi connectivity index (χ3n) is 3.58. The van der Waals surface area contributed by atoms with E-state index in [9.17, 15) is 4.79 Å².